The van der Waals surface area contributed by atoms with Crippen LogP contribution >= 0.6 is 12.4 Å². The van der Waals surface area contributed by atoms with E-state index < -0.39 is 0 Å². The molecule has 0 aliphatic heterocycles. The number of amidine groups is 1. The summed E-state index contributed by atoms with van der Waals surface area (Å²) < 4.78 is 0. The van der Waals surface area contributed by atoms with Crippen LogP contribution in [0.2, 0.25) is 0 Å². The van der Waals surface area contributed by atoms with Gasteiger partial charge in [0.2, 0.25) is 0 Å². The lowest BCUT2D eigenvalue weighted by molar-refractivity contribution is 0.546. The van der Waals surface area contributed by atoms with E-state index in [-0.39, 0.29) is 12.4 Å². The van der Waals surface area contributed by atoms with Gasteiger partial charge in [-0.15, -0.1) is 12.4 Å². The number of unbranched alkanes of at least 4 members (excludes halogenated alkanes) is 2. The summed E-state index contributed by atoms with van der Waals surface area (Å²) in [6.07, 6.45) is 5.84. The molecule has 0 saturated heterocycles. The van der Waals surface area contributed by atoms with E-state index >= 15 is 0 Å². The summed E-state index contributed by atoms with van der Waals surface area (Å²) in [5.74, 6) is 0.699. The van der Waals surface area contributed by atoms with Gasteiger partial charge in [0.25, 0.3) is 0 Å². The summed E-state index contributed by atoms with van der Waals surface area (Å²) in [6.45, 7) is 4.28. The van der Waals surface area contributed by atoms with Crippen molar-refractivity contribution in [2.75, 3.05) is 0 Å². The van der Waals surface area contributed by atoms with Crippen molar-refractivity contribution in [3.8, 4) is 0 Å². The summed E-state index contributed by atoms with van der Waals surface area (Å²) in [5, 5.41) is 7.26. The van der Waals surface area contributed by atoms with Gasteiger partial charge in [0.05, 0.1) is 5.84 Å². The third-order valence-corrected chi connectivity index (χ3v) is 2.09. The lowest BCUT2D eigenvalue weighted by Crippen LogP contribution is -2.21. The normalized spacial score (nSPS) is 11.8. The molecule has 1 atom stereocenters. The van der Waals surface area contributed by atoms with Crippen LogP contribution in [0.4, 0.5) is 0 Å². The highest BCUT2D eigenvalue weighted by atomic mass is 35.5. The van der Waals surface area contributed by atoms with Crippen molar-refractivity contribution in [2.24, 2.45) is 11.7 Å². The Hall–Kier alpha value is -0.240. The molecule has 2 nitrogen and oxygen atoms in total. The number of nitrogens with two attached hydrogens (primary N) is 1. The smallest absolute Gasteiger partial charge is 0.0936 e. The second-order valence-corrected chi connectivity index (χ2v) is 3.06. The van der Waals surface area contributed by atoms with E-state index in [1.807, 2.05) is 0 Å². The molecule has 0 aromatic carbocycles. The van der Waals surface area contributed by atoms with Crippen molar-refractivity contribution in [1.82, 2.24) is 0 Å². The molecule has 0 rings (SSSR count). The Morgan fingerprint density at radius 2 is 1.92 bits per heavy atom. The van der Waals surface area contributed by atoms with Crippen LogP contribution in [0.25, 0.3) is 0 Å². The van der Waals surface area contributed by atoms with Crippen molar-refractivity contribution < 1.29 is 0 Å². The van der Waals surface area contributed by atoms with E-state index in [2.05, 4.69) is 13.8 Å². The molecule has 74 valence electrons. The van der Waals surface area contributed by atoms with E-state index in [0.717, 1.165) is 12.8 Å². The summed E-state index contributed by atoms with van der Waals surface area (Å²) in [5.41, 5.74) is 5.41. The maximum atomic E-state index is 7.26. The van der Waals surface area contributed by atoms with E-state index in [9.17, 15) is 0 Å². The Morgan fingerprint density at radius 3 is 2.25 bits per heavy atom. The van der Waals surface area contributed by atoms with Gasteiger partial charge >= 0.3 is 0 Å². The molecule has 0 fully saturated rings. The van der Waals surface area contributed by atoms with Crippen LogP contribution in [0.15, 0.2) is 0 Å². The Bertz CT molecular complexity index is 115. The minimum atomic E-state index is 0. The van der Waals surface area contributed by atoms with Gasteiger partial charge < -0.3 is 5.73 Å². The molecule has 3 heteroatoms. The Labute approximate surface area is 81.8 Å². The first-order chi connectivity index (χ1) is 5.22. The maximum absolute atomic E-state index is 7.26. The number of rotatable bonds is 6. The average Bonchev–Trinajstić information content (AvgIpc) is 1.97. The van der Waals surface area contributed by atoms with E-state index in [0.29, 0.717) is 11.8 Å². The molecule has 0 amide bonds. The number of hydrogen-bond acceptors (Lipinski definition) is 1. The van der Waals surface area contributed by atoms with Gasteiger partial charge in [-0.3, -0.25) is 5.41 Å². The second-order valence-electron chi connectivity index (χ2n) is 3.06. The van der Waals surface area contributed by atoms with Gasteiger partial charge in [-0.25, -0.2) is 0 Å². The maximum Gasteiger partial charge on any atom is 0.0936 e. The summed E-state index contributed by atoms with van der Waals surface area (Å²) in [4.78, 5) is 0. The molecule has 0 aromatic heterocycles. The van der Waals surface area contributed by atoms with Gasteiger partial charge in [-0.05, 0) is 12.8 Å². The largest absolute Gasteiger partial charge is 0.387 e. The van der Waals surface area contributed by atoms with Crippen LogP contribution in [0.3, 0.4) is 0 Å². The number of hydrogen-bond donors (Lipinski definition) is 2. The summed E-state index contributed by atoms with van der Waals surface area (Å²) in [7, 11) is 0. The van der Waals surface area contributed by atoms with Gasteiger partial charge in [0.1, 0.15) is 0 Å². The average molecular weight is 193 g/mol. The SMILES string of the molecule is CCCCCC(CC)C(=N)N.Cl. The van der Waals surface area contributed by atoms with Crippen LogP contribution in [0.5, 0.6) is 0 Å². The molecule has 1 unspecified atom stereocenters. The molecule has 0 aromatic rings. The molecule has 0 aliphatic carbocycles. The highest BCUT2D eigenvalue weighted by Crippen LogP contribution is 2.12. The van der Waals surface area contributed by atoms with Crippen molar-refractivity contribution in [3.05, 3.63) is 0 Å². The first-order valence-corrected chi connectivity index (χ1v) is 4.56. The summed E-state index contributed by atoms with van der Waals surface area (Å²) >= 11 is 0. The molecular weight excluding hydrogens is 172 g/mol. The van der Waals surface area contributed by atoms with Crippen LogP contribution in [0.1, 0.15) is 46.0 Å². The van der Waals surface area contributed by atoms with E-state index in [1.54, 1.807) is 0 Å². The van der Waals surface area contributed by atoms with Crippen molar-refractivity contribution >= 4 is 18.2 Å². The minimum Gasteiger partial charge on any atom is -0.387 e. The van der Waals surface area contributed by atoms with E-state index in [1.165, 1.54) is 19.3 Å². The fourth-order valence-electron chi connectivity index (χ4n) is 1.22. The fraction of sp³-hybridized carbons (Fsp3) is 0.889. The molecule has 0 bridgehead atoms. The zero-order chi connectivity index (χ0) is 8.69. The van der Waals surface area contributed by atoms with Crippen molar-refractivity contribution in [3.63, 3.8) is 0 Å². The minimum absolute atomic E-state index is 0. The standard InChI is InChI=1S/C9H20N2.ClH/c1-3-5-6-7-8(4-2)9(10)11;/h8H,3-7H2,1-2H3,(H3,10,11);1H. The van der Waals surface area contributed by atoms with Gasteiger partial charge in [-0.2, -0.15) is 0 Å². The Balaban J connectivity index is 0. The predicted octanol–water partition coefficient (Wildman–Crippen LogP) is 2.95. The molecule has 0 aliphatic rings. The highest BCUT2D eigenvalue weighted by molar-refractivity contribution is 5.85. The monoisotopic (exact) mass is 192 g/mol. The van der Waals surface area contributed by atoms with Crippen molar-refractivity contribution in [2.45, 2.75) is 46.0 Å². The first kappa shape index (κ1) is 14.3. The quantitative estimate of drug-likeness (QED) is 0.380. The third-order valence-electron chi connectivity index (χ3n) is 2.09. The summed E-state index contributed by atoms with van der Waals surface area (Å²) in [6, 6.07) is 0. The third kappa shape index (κ3) is 6.47. The lowest BCUT2D eigenvalue weighted by atomic mass is 9.98. The van der Waals surface area contributed by atoms with Crippen molar-refractivity contribution in [1.29, 1.82) is 5.41 Å². The molecule has 0 heterocycles. The zero-order valence-corrected chi connectivity index (χ0v) is 8.91. The molecule has 0 spiro atoms. The van der Waals surface area contributed by atoms with Crippen LogP contribution in [-0.4, -0.2) is 5.84 Å². The van der Waals surface area contributed by atoms with Crippen LogP contribution in [0, 0.1) is 11.3 Å². The van der Waals surface area contributed by atoms with Crippen LogP contribution < -0.4 is 5.73 Å². The van der Waals surface area contributed by atoms with Gasteiger partial charge in [0.15, 0.2) is 0 Å². The Kier molecular flexibility index (Phi) is 10.5. The molecular formula is C9H21ClN2. The highest BCUT2D eigenvalue weighted by Gasteiger charge is 2.07. The number of halogens is 1. The molecule has 0 radical (unpaired) electrons. The zero-order valence-electron chi connectivity index (χ0n) is 8.10. The second kappa shape index (κ2) is 8.85. The lowest BCUT2D eigenvalue weighted by Gasteiger charge is -2.11. The number of nitrogens with one attached hydrogen (secondary N) is 1. The molecule has 3 N–H and O–H groups in total. The van der Waals surface area contributed by atoms with Gasteiger partial charge in [0, 0.05) is 5.92 Å². The predicted molar refractivity (Wildman–Crippen MR) is 57.1 cm³/mol. The van der Waals surface area contributed by atoms with Crippen LogP contribution in [-0.2, 0) is 0 Å². The fourth-order valence-corrected chi connectivity index (χ4v) is 1.22. The van der Waals surface area contributed by atoms with Gasteiger partial charge in [-0.1, -0.05) is 33.1 Å². The van der Waals surface area contributed by atoms with E-state index in [4.69, 9.17) is 11.1 Å². The molecule has 0 saturated carbocycles. The Morgan fingerprint density at radius 1 is 1.33 bits per heavy atom. The first-order valence-electron chi connectivity index (χ1n) is 4.56. The topological polar surface area (TPSA) is 49.9 Å². The molecule has 12 heavy (non-hydrogen) atoms.